The maximum atomic E-state index is 12.6. The molecule has 0 saturated heterocycles. The molecular formula is C15H19NO3S. The highest BCUT2D eigenvalue weighted by Gasteiger charge is 2.44. The SMILES string of the molecule is O=C(NC1(C(=O)O)CCCC1)C1CCCc2sccc21. The topological polar surface area (TPSA) is 66.4 Å². The standard InChI is InChI=1S/C15H19NO3S/c17-13(16-15(14(18)19)7-1-2-8-15)11-4-3-5-12-10(11)6-9-20-12/h6,9,11H,1-5,7-8H2,(H,16,17)(H,18,19). The Morgan fingerprint density at radius 1 is 1.30 bits per heavy atom. The van der Waals surface area contributed by atoms with E-state index in [1.54, 1.807) is 11.3 Å². The predicted octanol–water partition coefficient (Wildman–Crippen LogP) is 2.68. The molecule has 2 aliphatic rings. The molecule has 1 aromatic heterocycles. The van der Waals surface area contributed by atoms with Gasteiger partial charge in [0, 0.05) is 4.88 Å². The van der Waals surface area contributed by atoms with Gasteiger partial charge in [0.25, 0.3) is 0 Å². The van der Waals surface area contributed by atoms with E-state index in [0.717, 1.165) is 37.7 Å². The van der Waals surface area contributed by atoms with Crippen LogP contribution in [0.5, 0.6) is 0 Å². The number of carbonyl (C=O) groups is 2. The molecular weight excluding hydrogens is 274 g/mol. The van der Waals surface area contributed by atoms with Gasteiger partial charge in [-0.2, -0.15) is 0 Å². The van der Waals surface area contributed by atoms with E-state index in [1.807, 2.05) is 11.4 Å². The lowest BCUT2D eigenvalue weighted by molar-refractivity contribution is -0.147. The van der Waals surface area contributed by atoms with Gasteiger partial charge in [-0.25, -0.2) is 4.79 Å². The number of carboxylic acid groups (broad SMARTS) is 1. The van der Waals surface area contributed by atoms with Crippen LogP contribution in [0, 0.1) is 0 Å². The van der Waals surface area contributed by atoms with E-state index in [0.29, 0.717) is 12.8 Å². The first kappa shape index (κ1) is 13.6. The molecule has 1 unspecified atom stereocenters. The van der Waals surface area contributed by atoms with Crippen LogP contribution < -0.4 is 5.32 Å². The largest absolute Gasteiger partial charge is 0.480 e. The van der Waals surface area contributed by atoms with Gasteiger partial charge in [0.1, 0.15) is 5.54 Å². The molecule has 1 heterocycles. The van der Waals surface area contributed by atoms with Crippen LogP contribution in [0.4, 0.5) is 0 Å². The zero-order valence-electron chi connectivity index (χ0n) is 11.4. The molecule has 0 bridgehead atoms. The summed E-state index contributed by atoms with van der Waals surface area (Å²) in [5, 5.41) is 14.3. The number of aryl methyl sites for hydroxylation is 1. The molecule has 0 aromatic carbocycles. The minimum Gasteiger partial charge on any atom is -0.480 e. The lowest BCUT2D eigenvalue weighted by Gasteiger charge is -2.29. The number of carboxylic acids is 1. The molecule has 1 amide bonds. The van der Waals surface area contributed by atoms with Crippen molar-refractivity contribution in [1.82, 2.24) is 5.32 Å². The highest BCUT2D eigenvalue weighted by Crippen LogP contribution is 2.37. The summed E-state index contributed by atoms with van der Waals surface area (Å²) in [5.41, 5.74) is 0.0855. The number of nitrogens with one attached hydrogen (secondary N) is 1. The molecule has 0 radical (unpaired) electrons. The Labute approximate surface area is 122 Å². The van der Waals surface area contributed by atoms with E-state index in [1.165, 1.54) is 4.88 Å². The third-order valence-corrected chi connectivity index (χ3v) is 5.59. The molecule has 2 aliphatic carbocycles. The molecule has 1 atom stereocenters. The van der Waals surface area contributed by atoms with Crippen LogP contribution >= 0.6 is 11.3 Å². The van der Waals surface area contributed by atoms with Gasteiger partial charge in [-0.15, -0.1) is 11.3 Å². The van der Waals surface area contributed by atoms with Crippen molar-refractivity contribution in [2.45, 2.75) is 56.4 Å². The molecule has 1 aromatic rings. The summed E-state index contributed by atoms with van der Waals surface area (Å²) in [5.74, 6) is -1.15. The van der Waals surface area contributed by atoms with E-state index in [9.17, 15) is 14.7 Å². The summed E-state index contributed by atoms with van der Waals surface area (Å²) in [6.45, 7) is 0. The number of thiophene rings is 1. The number of fused-ring (bicyclic) bond motifs is 1. The molecule has 1 fully saturated rings. The smallest absolute Gasteiger partial charge is 0.329 e. The third kappa shape index (κ3) is 2.24. The minimum absolute atomic E-state index is 0.103. The average molecular weight is 293 g/mol. The molecule has 2 N–H and O–H groups in total. The van der Waals surface area contributed by atoms with E-state index in [4.69, 9.17) is 0 Å². The normalized spacial score (nSPS) is 24.1. The molecule has 4 nitrogen and oxygen atoms in total. The van der Waals surface area contributed by atoms with Crippen molar-refractivity contribution in [1.29, 1.82) is 0 Å². The van der Waals surface area contributed by atoms with Gasteiger partial charge in [-0.05, 0) is 49.1 Å². The second kappa shape index (κ2) is 5.20. The van der Waals surface area contributed by atoms with Crippen LogP contribution in [0.3, 0.4) is 0 Å². The zero-order valence-corrected chi connectivity index (χ0v) is 12.2. The summed E-state index contributed by atoms with van der Waals surface area (Å²) in [7, 11) is 0. The van der Waals surface area contributed by atoms with Gasteiger partial charge >= 0.3 is 5.97 Å². The van der Waals surface area contributed by atoms with Crippen LogP contribution in [0.1, 0.15) is 54.9 Å². The average Bonchev–Trinajstić information content (AvgIpc) is 3.06. The van der Waals surface area contributed by atoms with Gasteiger partial charge in [0.2, 0.25) is 5.91 Å². The molecule has 0 spiro atoms. The van der Waals surface area contributed by atoms with E-state index in [-0.39, 0.29) is 11.8 Å². The third-order valence-electron chi connectivity index (χ3n) is 4.60. The van der Waals surface area contributed by atoms with Crippen LogP contribution in [0.2, 0.25) is 0 Å². The number of aliphatic carboxylic acids is 1. The van der Waals surface area contributed by atoms with Gasteiger partial charge in [0.15, 0.2) is 0 Å². The fourth-order valence-electron chi connectivity index (χ4n) is 3.45. The van der Waals surface area contributed by atoms with Crippen LogP contribution in [0.15, 0.2) is 11.4 Å². The Morgan fingerprint density at radius 3 is 2.75 bits per heavy atom. The maximum absolute atomic E-state index is 12.6. The zero-order chi connectivity index (χ0) is 14.2. The Morgan fingerprint density at radius 2 is 2.05 bits per heavy atom. The molecule has 5 heteroatoms. The van der Waals surface area contributed by atoms with Crippen molar-refractivity contribution in [3.63, 3.8) is 0 Å². The first-order chi connectivity index (χ1) is 9.62. The van der Waals surface area contributed by atoms with Crippen LogP contribution in [0.25, 0.3) is 0 Å². The Hall–Kier alpha value is -1.36. The van der Waals surface area contributed by atoms with Crippen molar-refractivity contribution in [2.75, 3.05) is 0 Å². The van der Waals surface area contributed by atoms with E-state index >= 15 is 0 Å². The fourth-order valence-corrected chi connectivity index (χ4v) is 4.44. The van der Waals surface area contributed by atoms with Crippen molar-refractivity contribution in [2.24, 2.45) is 0 Å². The molecule has 20 heavy (non-hydrogen) atoms. The number of amides is 1. The van der Waals surface area contributed by atoms with Gasteiger partial charge < -0.3 is 10.4 Å². The summed E-state index contributed by atoms with van der Waals surface area (Å²) in [6.07, 6.45) is 5.73. The number of carbonyl (C=O) groups excluding carboxylic acids is 1. The van der Waals surface area contributed by atoms with E-state index < -0.39 is 11.5 Å². The van der Waals surface area contributed by atoms with Crippen molar-refractivity contribution in [3.8, 4) is 0 Å². The molecule has 1 saturated carbocycles. The van der Waals surface area contributed by atoms with Gasteiger partial charge in [0.05, 0.1) is 5.92 Å². The van der Waals surface area contributed by atoms with Gasteiger partial charge in [-0.3, -0.25) is 4.79 Å². The minimum atomic E-state index is -1.02. The highest BCUT2D eigenvalue weighted by molar-refractivity contribution is 7.10. The van der Waals surface area contributed by atoms with Crippen molar-refractivity contribution < 1.29 is 14.7 Å². The number of hydrogen-bond acceptors (Lipinski definition) is 3. The first-order valence-electron chi connectivity index (χ1n) is 7.24. The summed E-state index contributed by atoms with van der Waals surface area (Å²) in [4.78, 5) is 25.4. The monoisotopic (exact) mass is 293 g/mol. The van der Waals surface area contributed by atoms with Crippen LogP contribution in [-0.4, -0.2) is 22.5 Å². The molecule has 0 aliphatic heterocycles. The van der Waals surface area contributed by atoms with Crippen molar-refractivity contribution >= 4 is 23.2 Å². The summed E-state index contributed by atoms with van der Waals surface area (Å²) < 4.78 is 0. The molecule has 3 rings (SSSR count). The van der Waals surface area contributed by atoms with Gasteiger partial charge in [-0.1, -0.05) is 12.8 Å². The fraction of sp³-hybridized carbons (Fsp3) is 0.600. The summed E-state index contributed by atoms with van der Waals surface area (Å²) in [6, 6.07) is 2.02. The first-order valence-corrected chi connectivity index (χ1v) is 8.12. The quantitative estimate of drug-likeness (QED) is 0.900. The second-order valence-electron chi connectivity index (χ2n) is 5.83. The highest BCUT2D eigenvalue weighted by atomic mass is 32.1. The maximum Gasteiger partial charge on any atom is 0.329 e. The van der Waals surface area contributed by atoms with Crippen LogP contribution in [-0.2, 0) is 16.0 Å². The molecule has 108 valence electrons. The Kier molecular flexibility index (Phi) is 3.54. The number of hydrogen-bond donors (Lipinski definition) is 2. The predicted molar refractivity (Wildman–Crippen MR) is 77.0 cm³/mol. The Balaban J connectivity index is 1.79. The number of rotatable bonds is 3. The summed E-state index contributed by atoms with van der Waals surface area (Å²) >= 11 is 1.70. The lowest BCUT2D eigenvalue weighted by Crippen LogP contribution is -2.53. The Bertz CT molecular complexity index is 531. The second-order valence-corrected chi connectivity index (χ2v) is 6.83. The lowest BCUT2D eigenvalue weighted by atomic mass is 9.86. The van der Waals surface area contributed by atoms with Crippen molar-refractivity contribution in [3.05, 3.63) is 21.9 Å². The van der Waals surface area contributed by atoms with E-state index in [2.05, 4.69) is 5.32 Å².